The van der Waals surface area contributed by atoms with E-state index in [1.165, 1.54) is 14.0 Å². The Morgan fingerprint density at radius 1 is 1.41 bits per heavy atom. The molecule has 94 valence electrons. The van der Waals surface area contributed by atoms with Gasteiger partial charge in [-0.3, -0.25) is 0 Å². The molecule has 0 atom stereocenters. The summed E-state index contributed by atoms with van der Waals surface area (Å²) in [6, 6.07) is 6.24. The molecule has 5 heteroatoms. The zero-order valence-electron chi connectivity index (χ0n) is 10.4. The maximum absolute atomic E-state index is 5.23. The van der Waals surface area contributed by atoms with Crippen LogP contribution in [0.15, 0.2) is 18.2 Å². The quantitative estimate of drug-likeness (QED) is 0.551. The van der Waals surface area contributed by atoms with Crippen LogP contribution >= 0.6 is 34.8 Å². The van der Waals surface area contributed by atoms with Crippen molar-refractivity contribution in [2.45, 2.75) is 6.92 Å². The molecule has 0 unspecified atom stereocenters. The highest BCUT2D eigenvalue weighted by molar-refractivity contribution is 14.1. The second-order valence-electron chi connectivity index (χ2n) is 4.30. The number of nitrogens with one attached hydrogen (secondary N) is 3. The van der Waals surface area contributed by atoms with Gasteiger partial charge in [0.15, 0.2) is 5.11 Å². The number of quaternary nitrogens is 1. The Hall–Kier alpha value is -0.400. The third-order valence-corrected chi connectivity index (χ3v) is 3.75. The van der Waals surface area contributed by atoms with E-state index in [2.05, 4.69) is 66.4 Å². The zero-order valence-corrected chi connectivity index (χ0v) is 13.4. The molecule has 1 aromatic carbocycles. The van der Waals surface area contributed by atoms with Gasteiger partial charge in [-0.2, -0.15) is 0 Å². The average Bonchev–Trinajstić information content (AvgIpc) is 2.23. The van der Waals surface area contributed by atoms with E-state index in [4.69, 9.17) is 12.2 Å². The van der Waals surface area contributed by atoms with Crippen molar-refractivity contribution in [1.82, 2.24) is 5.32 Å². The number of hydrogen-bond donors (Lipinski definition) is 3. The van der Waals surface area contributed by atoms with E-state index in [0.29, 0.717) is 5.11 Å². The Morgan fingerprint density at radius 2 is 2.12 bits per heavy atom. The van der Waals surface area contributed by atoms with Crippen molar-refractivity contribution in [3.05, 3.63) is 27.3 Å². The highest BCUT2D eigenvalue weighted by atomic mass is 127. The molecule has 0 aliphatic heterocycles. The predicted octanol–water partition coefficient (Wildman–Crippen LogP) is 1.03. The molecule has 0 aliphatic rings. The Morgan fingerprint density at radius 3 is 2.71 bits per heavy atom. The van der Waals surface area contributed by atoms with Gasteiger partial charge in [-0.05, 0) is 59.4 Å². The number of halogens is 1. The third kappa shape index (κ3) is 5.65. The lowest BCUT2D eigenvalue weighted by atomic mass is 10.2. The Balaban J connectivity index is 2.42. The van der Waals surface area contributed by atoms with Gasteiger partial charge in [-0.25, -0.2) is 0 Å². The molecular weight excluding hydrogens is 345 g/mol. The lowest BCUT2D eigenvalue weighted by Gasteiger charge is -2.12. The second kappa shape index (κ2) is 7.13. The molecule has 0 heterocycles. The molecule has 3 nitrogen and oxygen atoms in total. The van der Waals surface area contributed by atoms with E-state index < -0.39 is 0 Å². The van der Waals surface area contributed by atoms with Crippen molar-refractivity contribution < 1.29 is 4.90 Å². The van der Waals surface area contributed by atoms with Crippen LogP contribution in [0.25, 0.3) is 0 Å². The number of likely N-dealkylation sites (N-methyl/N-ethyl adjacent to an activating group) is 1. The fourth-order valence-corrected chi connectivity index (χ4v) is 2.01. The number of anilines is 1. The predicted molar refractivity (Wildman–Crippen MR) is 85.8 cm³/mol. The summed E-state index contributed by atoms with van der Waals surface area (Å²) in [4.78, 5) is 1.41. The first kappa shape index (κ1) is 14.7. The van der Waals surface area contributed by atoms with Crippen LogP contribution in [0, 0.1) is 10.5 Å². The zero-order chi connectivity index (χ0) is 12.8. The van der Waals surface area contributed by atoms with E-state index in [9.17, 15) is 0 Å². The molecule has 0 saturated heterocycles. The topological polar surface area (TPSA) is 28.5 Å². The Kier molecular flexibility index (Phi) is 6.15. The number of aryl methyl sites for hydroxylation is 1. The van der Waals surface area contributed by atoms with Crippen molar-refractivity contribution in [2.24, 2.45) is 0 Å². The summed E-state index contributed by atoms with van der Waals surface area (Å²) in [7, 11) is 4.25. The minimum Gasteiger partial charge on any atom is -0.357 e. The second-order valence-corrected chi connectivity index (χ2v) is 5.87. The summed E-state index contributed by atoms with van der Waals surface area (Å²) in [6.07, 6.45) is 0. The molecule has 3 N–H and O–H groups in total. The first-order chi connectivity index (χ1) is 7.99. The summed E-state index contributed by atoms with van der Waals surface area (Å²) in [5.41, 5.74) is 2.32. The minimum atomic E-state index is 0.686. The fourth-order valence-electron chi connectivity index (χ4n) is 1.27. The van der Waals surface area contributed by atoms with Gasteiger partial charge >= 0.3 is 0 Å². The Labute approximate surface area is 122 Å². The molecule has 17 heavy (non-hydrogen) atoms. The average molecular weight is 364 g/mol. The SMILES string of the molecule is Cc1ccc(NC(=S)NCC[NH+](C)C)cc1I. The highest BCUT2D eigenvalue weighted by Crippen LogP contribution is 2.16. The van der Waals surface area contributed by atoms with E-state index >= 15 is 0 Å². The van der Waals surface area contributed by atoms with Gasteiger partial charge in [0.05, 0.1) is 27.2 Å². The lowest BCUT2D eigenvalue weighted by molar-refractivity contribution is -0.856. The van der Waals surface area contributed by atoms with E-state index in [0.717, 1.165) is 18.8 Å². The van der Waals surface area contributed by atoms with E-state index in [1.54, 1.807) is 0 Å². The van der Waals surface area contributed by atoms with Gasteiger partial charge in [0.25, 0.3) is 0 Å². The van der Waals surface area contributed by atoms with Crippen molar-refractivity contribution in [2.75, 3.05) is 32.5 Å². The molecule has 0 saturated carbocycles. The molecular formula is C12H19IN3S+. The van der Waals surface area contributed by atoms with Crippen LogP contribution in [0.4, 0.5) is 5.69 Å². The van der Waals surface area contributed by atoms with E-state index in [1.807, 2.05) is 6.07 Å². The first-order valence-corrected chi connectivity index (χ1v) is 7.08. The standard InChI is InChI=1S/C12H18IN3S/c1-9-4-5-10(8-11(9)13)15-12(17)14-6-7-16(2)3/h4-5,8H,6-7H2,1-3H3,(H2,14,15,17)/p+1. The van der Waals surface area contributed by atoms with Crippen molar-refractivity contribution in [3.8, 4) is 0 Å². The summed E-state index contributed by atoms with van der Waals surface area (Å²) in [5.74, 6) is 0. The smallest absolute Gasteiger partial charge is 0.170 e. The normalized spacial score (nSPS) is 10.4. The molecule has 0 spiro atoms. The monoisotopic (exact) mass is 364 g/mol. The third-order valence-electron chi connectivity index (χ3n) is 2.34. The van der Waals surface area contributed by atoms with Gasteiger partial charge in [-0.15, -0.1) is 0 Å². The highest BCUT2D eigenvalue weighted by Gasteiger charge is 2.00. The summed E-state index contributed by atoms with van der Waals surface area (Å²) >= 11 is 7.56. The van der Waals surface area contributed by atoms with Crippen LogP contribution in [-0.2, 0) is 0 Å². The number of benzene rings is 1. The van der Waals surface area contributed by atoms with Crippen molar-refractivity contribution in [3.63, 3.8) is 0 Å². The molecule has 0 radical (unpaired) electrons. The summed E-state index contributed by atoms with van der Waals surface area (Å²) < 4.78 is 1.24. The molecule has 0 amide bonds. The molecule has 0 aliphatic carbocycles. The van der Waals surface area contributed by atoms with Gasteiger partial charge in [0, 0.05) is 9.26 Å². The van der Waals surface area contributed by atoms with Crippen LogP contribution in [0.2, 0.25) is 0 Å². The molecule has 0 fully saturated rings. The largest absolute Gasteiger partial charge is 0.357 e. The number of rotatable bonds is 4. The Bertz CT molecular complexity index is 393. The maximum atomic E-state index is 5.23. The van der Waals surface area contributed by atoms with Gasteiger partial charge in [-0.1, -0.05) is 6.07 Å². The van der Waals surface area contributed by atoms with Crippen LogP contribution in [0.3, 0.4) is 0 Å². The van der Waals surface area contributed by atoms with Gasteiger partial charge in [0.1, 0.15) is 0 Å². The van der Waals surface area contributed by atoms with Gasteiger partial charge < -0.3 is 15.5 Å². The molecule has 1 aromatic rings. The lowest BCUT2D eigenvalue weighted by Crippen LogP contribution is -3.06. The molecule has 0 bridgehead atoms. The summed E-state index contributed by atoms with van der Waals surface area (Å²) in [6.45, 7) is 4.03. The van der Waals surface area contributed by atoms with E-state index in [-0.39, 0.29) is 0 Å². The fraction of sp³-hybridized carbons (Fsp3) is 0.417. The van der Waals surface area contributed by atoms with Crippen LogP contribution in [0.1, 0.15) is 5.56 Å². The first-order valence-electron chi connectivity index (χ1n) is 5.59. The van der Waals surface area contributed by atoms with Crippen LogP contribution < -0.4 is 15.5 Å². The summed E-state index contributed by atoms with van der Waals surface area (Å²) in [5, 5.41) is 7.07. The number of thiocarbonyl (C=S) groups is 1. The molecule has 0 aromatic heterocycles. The van der Waals surface area contributed by atoms with Crippen LogP contribution in [-0.4, -0.2) is 32.3 Å². The number of hydrogen-bond acceptors (Lipinski definition) is 1. The van der Waals surface area contributed by atoms with Gasteiger partial charge in [0.2, 0.25) is 0 Å². The van der Waals surface area contributed by atoms with Crippen molar-refractivity contribution in [1.29, 1.82) is 0 Å². The van der Waals surface area contributed by atoms with Crippen LogP contribution in [0.5, 0.6) is 0 Å². The minimum absolute atomic E-state index is 0.686. The molecule has 1 rings (SSSR count). The maximum Gasteiger partial charge on any atom is 0.170 e. The van der Waals surface area contributed by atoms with Crippen molar-refractivity contribution >= 4 is 45.6 Å².